The minimum Gasteiger partial charge on any atom is -0.490 e. The number of carbonyl (C=O) groups is 1. The van der Waals surface area contributed by atoms with Gasteiger partial charge in [-0.2, -0.15) is 0 Å². The van der Waals surface area contributed by atoms with Gasteiger partial charge in [-0.15, -0.1) is 0 Å². The number of benzene rings is 1. The Bertz CT molecular complexity index is 366. The third-order valence-corrected chi connectivity index (χ3v) is 1.96. The predicted octanol–water partition coefficient (Wildman–Crippen LogP) is 0.783. The van der Waals surface area contributed by atoms with E-state index in [0.717, 1.165) is 0 Å². The highest BCUT2D eigenvalue weighted by molar-refractivity contribution is 5.96. The third kappa shape index (κ3) is 3.43. The van der Waals surface area contributed by atoms with Gasteiger partial charge in [0.25, 0.3) is 5.91 Å². The number of anilines is 1. The van der Waals surface area contributed by atoms with Crippen molar-refractivity contribution in [2.45, 2.75) is 6.92 Å². The Labute approximate surface area is 94.3 Å². The van der Waals surface area contributed by atoms with Gasteiger partial charge in [-0.05, 0) is 19.1 Å². The van der Waals surface area contributed by atoms with Crippen LogP contribution in [-0.4, -0.2) is 25.7 Å². The summed E-state index contributed by atoms with van der Waals surface area (Å²) >= 11 is 0. The first-order valence-corrected chi connectivity index (χ1v) is 5.05. The summed E-state index contributed by atoms with van der Waals surface area (Å²) in [5.74, 6) is -0.140. The molecule has 0 radical (unpaired) electrons. The normalized spacial score (nSPS) is 10.1. The Kier molecular flexibility index (Phi) is 4.60. The molecule has 0 aliphatic rings. The molecule has 1 amide bonds. The summed E-state index contributed by atoms with van der Waals surface area (Å²) in [5.41, 5.74) is 11.6. The molecule has 1 aromatic rings. The lowest BCUT2D eigenvalue weighted by Crippen LogP contribution is -2.15. The van der Waals surface area contributed by atoms with E-state index in [-0.39, 0.29) is 0 Å². The minimum atomic E-state index is -0.536. The third-order valence-electron chi connectivity index (χ3n) is 1.96. The second-order valence-corrected chi connectivity index (χ2v) is 3.17. The molecule has 5 nitrogen and oxygen atoms in total. The number of hydrogen-bond acceptors (Lipinski definition) is 4. The van der Waals surface area contributed by atoms with Crippen molar-refractivity contribution in [3.8, 4) is 5.75 Å². The number of carbonyl (C=O) groups excluding carboxylic acids is 1. The maximum atomic E-state index is 11.1. The number of nitrogens with two attached hydrogens (primary N) is 2. The molecule has 16 heavy (non-hydrogen) atoms. The van der Waals surface area contributed by atoms with E-state index in [2.05, 4.69) is 0 Å². The minimum absolute atomic E-state index is 0.325. The van der Waals surface area contributed by atoms with Crippen molar-refractivity contribution < 1.29 is 14.3 Å². The average molecular weight is 224 g/mol. The zero-order chi connectivity index (χ0) is 12.0. The molecule has 88 valence electrons. The SMILES string of the molecule is CCOCCOc1cc(N)ccc1C(N)=O. The van der Waals surface area contributed by atoms with Crippen molar-refractivity contribution in [2.24, 2.45) is 5.73 Å². The first-order chi connectivity index (χ1) is 7.65. The molecule has 1 aromatic carbocycles. The van der Waals surface area contributed by atoms with Crippen LogP contribution in [0.15, 0.2) is 18.2 Å². The van der Waals surface area contributed by atoms with E-state index in [4.69, 9.17) is 20.9 Å². The standard InChI is InChI=1S/C11H16N2O3/c1-2-15-5-6-16-10-7-8(12)3-4-9(10)11(13)14/h3-4,7H,2,5-6,12H2,1H3,(H2,13,14). The lowest BCUT2D eigenvalue weighted by Gasteiger charge is -2.10. The average Bonchev–Trinajstić information content (AvgIpc) is 2.24. The Morgan fingerprint density at radius 2 is 2.12 bits per heavy atom. The van der Waals surface area contributed by atoms with Crippen LogP contribution in [0.3, 0.4) is 0 Å². The second-order valence-electron chi connectivity index (χ2n) is 3.17. The van der Waals surface area contributed by atoms with Gasteiger partial charge in [0, 0.05) is 18.4 Å². The molecule has 5 heteroatoms. The molecule has 0 fully saturated rings. The van der Waals surface area contributed by atoms with Crippen LogP contribution in [0.4, 0.5) is 5.69 Å². The summed E-state index contributed by atoms with van der Waals surface area (Å²) in [7, 11) is 0. The summed E-state index contributed by atoms with van der Waals surface area (Å²) in [5, 5.41) is 0. The van der Waals surface area contributed by atoms with Gasteiger partial charge < -0.3 is 20.9 Å². The number of amides is 1. The molecular weight excluding hydrogens is 208 g/mol. The van der Waals surface area contributed by atoms with Crippen molar-refractivity contribution in [3.63, 3.8) is 0 Å². The van der Waals surface area contributed by atoms with Crippen molar-refractivity contribution in [1.82, 2.24) is 0 Å². The van der Waals surface area contributed by atoms with E-state index in [0.29, 0.717) is 36.8 Å². The summed E-state index contributed by atoms with van der Waals surface area (Å²) < 4.78 is 10.5. The predicted molar refractivity (Wildman–Crippen MR) is 61.4 cm³/mol. The molecule has 0 saturated carbocycles. The highest BCUT2D eigenvalue weighted by atomic mass is 16.5. The van der Waals surface area contributed by atoms with E-state index < -0.39 is 5.91 Å². The van der Waals surface area contributed by atoms with Crippen LogP contribution in [0.2, 0.25) is 0 Å². The maximum absolute atomic E-state index is 11.1. The molecule has 0 atom stereocenters. The first kappa shape index (κ1) is 12.3. The van der Waals surface area contributed by atoms with E-state index in [9.17, 15) is 4.79 Å². The number of hydrogen-bond donors (Lipinski definition) is 2. The fraction of sp³-hybridized carbons (Fsp3) is 0.364. The highest BCUT2D eigenvalue weighted by Gasteiger charge is 2.09. The monoisotopic (exact) mass is 224 g/mol. The molecule has 0 heterocycles. The van der Waals surface area contributed by atoms with E-state index in [1.54, 1.807) is 18.2 Å². The highest BCUT2D eigenvalue weighted by Crippen LogP contribution is 2.21. The fourth-order valence-corrected chi connectivity index (χ4v) is 1.22. The largest absolute Gasteiger partial charge is 0.490 e. The molecule has 0 aliphatic carbocycles. The van der Waals surface area contributed by atoms with Gasteiger partial charge in [0.1, 0.15) is 12.4 Å². The van der Waals surface area contributed by atoms with Crippen molar-refractivity contribution in [3.05, 3.63) is 23.8 Å². The summed E-state index contributed by atoms with van der Waals surface area (Å²) in [6, 6.07) is 4.73. The van der Waals surface area contributed by atoms with Crippen LogP contribution in [0.5, 0.6) is 5.75 Å². The molecule has 0 aromatic heterocycles. The van der Waals surface area contributed by atoms with Crippen LogP contribution >= 0.6 is 0 Å². The quantitative estimate of drug-likeness (QED) is 0.552. The zero-order valence-electron chi connectivity index (χ0n) is 9.23. The van der Waals surface area contributed by atoms with Crippen molar-refractivity contribution >= 4 is 11.6 Å². The Hall–Kier alpha value is -1.75. The second kappa shape index (κ2) is 5.97. The van der Waals surface area contributed by atoms with Gasteiger partial charge in [-0.25, -0.2) is 0 Å². The molecule has 0 saturated heterocycles. The first-order valence-electron chi connectivity index (χ1n) is 5.05. The molecule has 0 aliphatic heterocycles. The van der Waals surface area contributed by atoms with Gasteiger partial charge >= 0.3 is 0 Å². The van der Waals surface area contributed by atoms with Crippen LogP contribution in [0, 0.1) is 0 Å². The van der Waals surface area contributed by atoms with Crippen LogP contribution in [0.25, 0.3) is 0 Å². The van der Waals surface area contributed by atoms with Crippen molar-refractivity contribution in [1.29, 1.82) is 0 Å². The number of rotatable bonds is 6. The Morgan fingerprint density at radius 3 is 2.75 bits per heavy atom. The topological polar surface area (TPSA) is 87.6 Å². The van der Waals surface area contributed by atoms with Crippen LogP contribution < -0.4 is 16.2 Å². The van der Waals surface area contributed by atoms with Crippen molar-refractivity contribution in [2.75, 3.05) is 25.6 Å². The summed E-state index contributed by atoms with van der Waals surface area (Å²) in [6.07, 6.45) is 0. The van der Waals surface area contributed by atoms with Crippen LogP contribution in [-0.2, 0) is 4.74 Å². The van der Waals surface area contributed by atoms with E-state index >= 15 is 0 Å². The fourth-order valence-electron chi connectivity index (χ4n) is 1.22. The molecule has 4 N–H and O–H groups in total. The maximum Gasteiger partial charge on any atom is 0.252 e. The number of primary amides is 1. The number of nitrogen functional groups attached to an aromatic ring is 1. The molecular formula is C11H16N2O3. The Morgan fingerprint density at radius 1 is 1.38 bits per heavy atom. The molecule has 1 rings (SSSR count). The van der Waals surface area contributed by atoms with E-state index in [1.807, 2.05) is 6.92 Å². The number of ether oxygens (including phenoxy) is 2. The van der Waals surface area contributed by atoms with Gasteiger partial charge in [0.2, 0.25) is 0 Å². The van der Waals surface area contributed by atoms with Gasteiger partial charge in [0.15, 0.2) is 0 Å². The lowest BCUT2D eigenvalue weighted by atomic mass is 10.2. The smallest absolute Gasteiger partial charge is 0.252 e. The lowest BCUT2D eigenvalue weighted by molar-refractivity contribution is 0.0979. The van der Waals surface area contributed by atoms with Crippen LogP contribution in [0.1, 0.15) is 17.3 Å². The van der Waals surface area contributed by atoms with Gasteiger partial charge in [-0.1, -0.05) is 0 Å². The molecule has 0 bridgehead atoms. The van der Waals surface area contributed by atoms with E-state index in [1.165, 1.54) is 0 Å². The molecule has 0 unspecified atom stereocenters. The molecule has 0 spiro atoms. The Balaban J connectivity index is 2.68. The summed E-state index contributed by atoms with van der Waals surface area (Å²) in [6.45, 7) is 3.35. The van der Waals surface area contributed by atoms with Gasteiger partial charge in [-0.3, -0.25) is 4.79 Å². The summed E-state index contributed by atoms with van der Waals surface area (Å²) in [4.78, 5) is 11.1. The van der Waals surface area contributed by atoms with Gasteiger partial charge in [0.05, 0.1) is 12.2 Å². The zero-order valence-corrected chi connectivity index (χ0v) is 9.23.